The van der Waals surface area contributed by atoms with E-state index in [4.69, 9.17) is 33.5 Å². The van der Waals surface area contributed by atoms with Gasteiger partial charge >= 0.3 is 0 Å². The normalized spacial score (nSPS) is 10.8. The fourth-order valence-electron chi connectivity index (χ4n) is 1.71. The third kappa shape index (κ3) is 2.55. The fraction of sp³-hybridized carbons (Fsp3) is 0.0769. The second kappa shape index (κ2) is 5.31. The van der Waals surface area contributed by atoms with Crippen LogP contribution in [0.15, 0.2) is 29.0 Å². The summed E-state index contributed by atoms with van der Waals surface area (Å²) in [5.74, 6) is 0.770. The Morgan fingerprint density at radius 1 is 1.05 bits per heavy atom. The first-order valence-corrected chi connectivity index (χ1v) is 6.68. The number of anilines is 1. The van der Waals surface area contributed by atoms with E-state index in [9.17, 15) is 0 Å². The van der Waals surface area contributed by atoms with Crippen molar-refractivity contribution in [2.45, 2.75) is 6.92 Å². The van der Waals surface area contributed by atoms with Crippen LogP contribution < -0.4 is 5.73 Å². The van der Waals surface area contributed by atoms with Crippen LogP contribution in [0, 0.1) is 6.92 Å². The minimum atomic E-state index is 0.166. The molecule has 6 nitrogen and oxygen atoms in total. The summed E-state index contributed by atoms with van der Waals surface area (Å²) in [7, 11) is 0. The molecule has 8 heteroatoms. The van der Waals surface area contributed by atoms with Crippen LogP contribution in [0.3, 0.4) is 0 Å². The van der Waals surface area contributed by atoms with E-state index in [0.717, 1.165) is 5.56 Å². The van der Waals surface area contributed by atoms with Gasteiger partial charge in [0.25, 0.3) is 5.89 Å². The maximum atomic E-state index is 6.11. The van der Waals surface area contributed by atoms with Crippen LogP contribution in [0.1, 0.15) is 5.56 Å². The molecule has 2 N–H and O–H groups in total. The van der Waals surface area contributed by atoms with Crippen molar-refractivity contribution in [2.24, 2.45) is 0 Å². The van der Waals surface area contributed by atoms with Crippen LogP contribution in [0.4, 0.5) is 5.69 Å². The smallest absolute Gasteiger partial charge is 0.262 e. The highest BCUT2D eigenvalue weighted by atomic mass is 35.5. The second-order valence-corrected chi connectivity index (χ2v) is 5.14. The van der Waals surface area contributed by atoms with Crippen molar-refractivity contribution < 1.29 is 4.52 Å². The van der Waals surface area contributed by atoms with Gasteiger partial charge in [-0.25, -0.2) is 9.97 Å². The van der Waals surface area contributed by atoms with Gasteiger partial charge < -0.3 is 10.3 Å². The first-order valence-electron chi connectivity index (χ1n) is 5.93. The van der Waals surface area contributed by atoms with Gasteiger partial charge in [0.2, 0.25) is 11.6 Å². The molecule has 0 fully saturated rings. The van der Waals surface area contributed by atoms with E-state index in [0.29, 0.717) is 21.4 Å². The summed E-state index contributed by atoms with van der Waals surface area (Å²) in [5.41, 5.74) is 7.52. The Labute approximate surface area is 129 Å². The van der Waals surface area contributed by atoms with Crippen LogP contribution >= 0.6 is 23.2 Å². The number of rotatable bonds is 2. The molecule has 0 saturated carbocycles. The molecule has 0 atom stereocenters. The van der Waals surface area contributed by atoms with E-state index in [2.05, 4.69) is 20.1 Å². The van der Waals surface area contributed by atoms with Gasteiger partial charge in [-0.15, -0.1) is 0 Å². The fourth-order valence-corrected chi connectivity index (χ4v) is 2.11. The molecule has 0 aliphatic rings. The summed E-state index contributed by atoms with van der Waals surface area (Å²) < 4.78 is 5.19. The standard InChI is InChI=1S/C13H9Cl2N5O/c1-6-4-17-11(18-5-6)12-19-13(21-20-12)9-7(14)2-3-8(15)10(9)16/h2-5H,16H2,1H3. The molecule has 0 amide bonds. The number of halogens is 2. The molecule has 0 saturated heterocycles. The molecule has 0 aliphatic carbocycles. The van der Waals surface area contributed by atoms with Crippen molar-refractivity contribution in [2.75, 3.05) is 5.73 Å². The number of nitrogens with zero attached hydrogens (tertiary/aromatic N) is 4. The predicted molar refractivity (Wildman–Crippen MR) is 79.9 cm³/mol. The Balaban J connectivity index is 2.07. The molecule has 1 aromatic carbocycles. The Morgan fingerprint density at radius 2 is 1.71 bits per heavy atom. The topological polar surface area (TPSA) is 90.7 Å². The average Bonchev–Trinajstić information content (AvgIpc) is 2.94. The largest absolute Gasteiger partial charge is 0.397 e. The SMILES string of the molecule is Cc1cnc(-c2noc(-c3c(Cl)ccc(Cl)c3N)n2)nc1. The van der Waals surface area contributed by atoms with E-state index in [-0.39, 0.29) is 17.4 Å². The summed E-state index contributed by atoms with van der Waals surface area (Å²) in [6.45, 7) is 1.89. The Kier molecular flexibility index (Phi) is 3.48. The van der Waals surface area contributed by atoms with Crippen molar-refractivity contribution in [3.63, 3.8) is 0 Å². The van der Waals surface area contributed by atoms with Gasteiger partial charge in [0, 0.05) is 12.4 Å². The summed E-state index contributed by atoms with van der Waals surface area (Å²) in [5, 5.41) is 4.57. The minimum absolute atomic E-state index is 0.166. The molecule has 3 aromatic rings. The second-order valence-electron chi connectivity index (χ2n) is 4.33. The molecular formula is C13H9Cl2N5O. The first-order chi connectivity index (χ1) is 10.1. The van der Waals surface area contributed by atoms with Crippen molar-refractivity contribution in [3.05, 3.63) is 40.1 Å². The minimum Gasteiger partial charge on any atom is -0.397 e. The summed E-state index contributed by atoms with van der Waals surface area (Å²) >= 11 is 12.1. The van der Waals surface area contributed by atoms with Crippen molar-refractivity contribution >= 4 is 28.9 Å². The molecule has 21 heavy (non-hydrogen) atoms. The zero-order valence-corrected chi connectivity index (χ0v) is 12.4. The van der Waals surface area contributed by atoms with Gasteiger partial charge in [0.05, 0.1) is 21.3 Å². The van der Waals surface area contributed by atoms with Crippen molar-refractivity contribution in [3.8, 4) is 23.1 Å². The molecule has 3 rings (SSSR count). The van der Waals surface area contributed by atoms with E-state index in [1.165, 1.54) is 0 Å². The summed E-state index contributed by atoms with van der Waals surface area (Å²) in [6, 6.07) is 3.21. The van der Waals surface area contributed by atoms with Crippen LogP contribution in [0.5, 0.6) is 0 Å². The lowest BCUT2D eigenvalue weighted by molar-refractivity contribution is 0.432. The maximum Gasteiger partial charge on any atom is 0.262 e. The van der Waals surface area contributed by atoms with E-state index >= 15 is 0 Å². The number of nitrogen functional groups attached to an aromatic ring is 1. The monoisotopic (exact) mass is 321 g/mol. The van der Waals surface area contributed by atoms with Crippen LogP contribution in [-0.4, -0.2) is 20.1 Å². The zero-order valence-electron chi connectivity index (χ0n) is 10.8. The van der Waals surface area contributed by atoms with Gasteiger partial charge in [-0.2, -0.15) is 4.98 Å². The molecule has 2 aromatic heterocycles. The number of hydrogen-bond acceptors (Lipinski definition) is 6. The van der Waals surface area contributed by atoms with Crippen molar-refractivity contribution in [1.29, 1.82) is 0 Å². The Bertz CT molecular complexity index is 801. The highest BCUT2D eigenvalue weighted by Gasteiger charge is 2.19. The number of aryl methyl sites for hydroxylation is 1. The zero-order chi connectivity index (χ0) is 15.0. The van der Waals surface area contributed by atoms with Gasteiger partial charge in [0.1, 0.15) is 0 Å². The summed E-state index contributed by atoms with van der Waals surface area (Å²) in [6.07, 6.45) is 3.33. The van der Waals surface area contributed by atoms with E-state index < -0.39 is 0 Å². The molecule has 0 aliphatic heterocycles. The maximum absolute atomic E-state index is 6.11. The van der Waals surface area contributed by atoms with Crippen LogP contribution in [-0.2, 0) is 0 Å². The molecule has 0 unspecified atom stereocenters. The van der Waals surface area contributed by atoms with Gasteiger partial charge in [-0.1, -0.05) is 28.4 Å². The third-order valence-electron chi connectivity index (χ3n) is 2.76. The number of hydrogen-bond donors (Lipinski definition) is 1. The quantitative estimate of drug-likeness (QED) is 0.727. The van der Waals surface area contributed by atoms with Gasteiger partial charge in [-0.05, 0) is 24.6 Å². The molecule has 0 radical (unpaired) electrons. The predicted octanol–water partition coefficient (Wildman–Crippen LogP) is 3.39. The lowest BCUT2D eigenvalue weighted by Gasteiger charge is -2.04. The van der Waals surface area contributed by atoms with E-state index in [1.807, 2.05) is 6.92 Å². The molecule has 0 bridgehead atoms. The first kappa shape index (κ1) is 13.8. The lowest BCUT2D eigenvalue weighted by Crippen LogP contribution is -1.93. The molecule has 106 valence electrons. The highest BCUT2D eigenvalue weighted by molar-refractivity contribution is 6.37. The number of aromatic nitrogens is 4. The molecule has 2 heterocycles. The van der Waals surface area contributed by atoms with E-state index in [1.54, 1.807) is 24.5 Å². The van der Waals surface area contributed by atoms with Crippen LogP contribution in [0.25, 0.3) is 23.1 Å². The number of benzene rings is 1. The average molecular weight is 322 g/mol. The Morgan fingerprint density at radius 3 is 2.43 bits per heavy atom. The van der Waals surface area contributed by atoms with Crippen LogP contribution in [0.2, 0.25) is 10.0 Å². The summed E-state index contributed by atoms with van der Waals surface area (Å²) in [4.78, 5) is 12.5. The highest BCUT2D eigenvalue weighted by Crippen LogP contribution is 2.37. The van der Waals surface area contributed by atoms with Crippen molar-refractivity contribution in [1.82, 2.24) is 20.1 Å². The lowest BCUT2D eigenvalue weighted by atomic mass is 10.2. The number of nitrogens with two attached hydrogens (primary N) is 1. The van der Waals surface area contributed by atoms with Gasteiger partial charge in [-0.3, -0.25) is 0 Å². The van der Waals surface area contributed by atoms with Gasteiger partial charge in [0.15, 0.2) is 0 Å². The Hall–Kier alpha value is -2.18. The third-order valence-corrected chi connectivity index (χ3v) is 3.41. The molecule has 0 spiro atoms. The molecular weight excluding hydrogens is 313 g/mol.